The van der Waals surface area contributed by atoms with E-state index in [0.717, 1.165) is 0 Å². The Labute approximate surface area is 80.3 Å². The normalized spacial score (nSPS) is 13.1. The lowest BCUT2D eigenvalue weighted by Crippen LogP contribution is -2.07. The van der Waals surface area contributed by atoms with Gasteiger partial charge in [-0.3, -0.25) is 0 Å². The van der Waals surface area contributed by atoms with Gasteiger partial charge < -0.3 is 5.73 Å². The van der Waals surface area contributed by atoms with Crippen molar-refractivity contribution in [2.45, 2.75) is 13.0 Å². The first-order valence-electron chi connectivity index (χ1n) is 3.42. The Balaban J connectivity index is 3.28. The van der Waals surface area contributed by atoms with Gasteiger partial charge in [0, 0.05) is 16.6 Å². The second-order valence-electron chi connectivity index (χ2n) is 2.58. The molecule has 0 unspecified atom stereocenters. The van der Waals surface area contributed by atoms with Crippen molar-refractivity contribution < 1.29 is 4.39 Å². The minimum absolute atomic E-state index is 0.00907. The minimum Gasteiger partial charge on any atom is -0.324 e. The van der Waals surface area contributed by atoms with E-state index in [0.29, 0.717) is 10.6 Å². The number of hydrogen-bond donors (Lipinski definition) is 1. The van der Waals surface area contributed by atoms with Crippen molar-refractivity contribution in [3.63, 3.8) is 0 Å². The van der Waals surface area contributed by atoms with E-state index in [4.69, 9.17) is 28.9 Å². The monoisotopic (exact) mass is 207 g/mol. The van der Waals surface area contributed by atoms with Crippen LogP contribution in [0.15, 0.2) is 12.1 Å². The van der Waals surface area contributed by atoms with E-state index in [1.807, 2.05) is 0 Å². The fraction of sp³-hybridized carbons (Fsp3) is 0.250. The third kappa shape index (κ3) is 1.89. The van der Waals surface area contributed by atoms with Gasteiger partial charge in [-0.25, -0.2) is 4.39 Å². The summed E-state index contributed by atoms with van der Waals surface area (Å²) >= 11 is 11.2. The first-order chi connectivity index (χ1) is 5.52. The predicted molar refractivity (Wildman–Crippen MR) is 49.0 cm³/mol. The molecule has 0 saturated carbocycles. The number of rotatable bonds is 1. The summed E-state index contributed by atoms with van der Waals surface area (Å²) in [6.45, 7) is 1.67. The zero-order valence-electron chi connectivity index (χ0n) is 6.44. The number of halogens is 3. The molecule has 0 fully saturated rings. The zero-order valence-corrected chi connectivity index (χ0v) is 7.96. The summed E-state index contributed by atoms with van der Waals surface area (Å²) in [5, 5.41) is 0.406. The average Bonchev–Trinajstić information content (AvgIpc) is 1.96. The molecule has 4 heteroatoms. The molecule has 0 aromatic heterocycles. The molecule has 0 aliphatic carbocycles. The summed E-state index contributed by atoms with van der Waals surface area (Å²) in [4.78, 5) is 0. The van der Waals surface area contributed by atoms with Gasteiger partial charge in [-0.2, -0.15) is 0 Å². The van der Waals surface area contributed by atoms with Crippen LogP contribution in [0.2, 0.25) is 10.0 Å². The maximum Gasteiger partial charge on any atom is 0.146 e. The van der Waals surface area contributed by atoms with Crippen LogP contribution in [0, 0.1) is 5.82 Å². The van der Waals surface area contributed by atoms with E-state index >= 15 is 0 Å². The first-order valence-corrected chi connectivity index (χ1v) is 4.18. The quantitative estimate of drug-likeness (QED) is 0.704. The van der Waals surface area contributed by atoms with Crippen LogP contribution in [0.3, 0.4) is 0 Å². The number of benzene rings is 1. The molecule has 0 aliphatic heterocycles. The lowest BCUT2D eigenvalue weighted by atomic mass is 10.1. The number of hydrogen-bond acceptors (Lipinski definition) is 1. The summed E-state index contributed by atoms with van der Waals surface area (Å²) in [7, 11) is 0. The summed E-state index contributed by atoms with van der Waals surface area (Å²) in [6.07, 6.45) is 0. The molecule has 0 bridgehead atoms. The van der Waals surface area contributed by atoms with Crippen LogP contribution in [0.1, 0.15) is 18.5 Å². The Morgan fingerprint density at radius 1 is 1.42 bits per heavy atom. The summed E-state index contributed by atoms with van der Waals surface area (Å²) in [5.41, 5.74) is 5.84. The fourth-order valence-corrected chi connectivity index (χ4v) is 1.42. The van der Waals surface area contributed by atoms with Crippen molar-refractivity contribution in [2.75, 3.05) is 0 Å². The summed E-state index contributed by atoms with van der Waals surface area (Å²) in [6, 6.07) is 2.43. The van der Waals surface area contributed by atoms with Gasteiger partial charge >= 0.3 is 0 Å². The molecule has 1 nitrogen and oxygen atoms in total. The van der Waals surface area contributed by atoms with E-state index in [1.54, 1.807) is 6.92 Å². The second-order valence-corrected chi connectivity index (χ2v) is 3.42. The largest absolute Gasteiger partial charge is 0.324 e. The van der Waals surface area contributed by atoms with E-state index in [9.17, 15) is 4.39 Å². The SMILES string of the molecule is C[C@H](N)c1cc(Cl)cc(Cl)c1F. The van der Waals surface area contributed by atoms with Crippen LogP contribution >= 0.6 is 23.2 Å². The highest BCUT2D eigenvalue weighted by Gasteiger charge is 2.11. The van der Waals surface area contributed by atoms with Gasteiger partial charge in [-0.05, 0) is 19.1 Å². The zero-order chi connectivity index (χ0) is 9.30. The molecule has 12 heavy (non-hydrogen) atoms. The molecule has 0 spiro atoms. The Morgan fingerprint density at radius 2 is 2.00 bits per heavy atom. The minimum atomic E-state index is -0.490. The Kier molecular flexibility index (Phi) is 2.94. The molecule has 1 rings (SSSR count). The van der Waals surface area contributed by atoms with Gasteiger partial charge in [-0.15, -0.1) is 0 Å². The van der Waals surface area contributed by atoms with Crippen LogP contribution in [-0.2, 0) is 0 Å². The fourth-order valence-electron chi connectivity index (χ4n) is 0.907. The van der Waals surface area contributed by atoms with Crippen LogP contribution in [0.25, 0.3) is 0 Å². The summed E-state index contributed by atoms with van der Waals surface area (Å²) in [5.74, 6) is -0.490. The van der Waals surface area contributed by atoms with Crippen molar-refractivity contribution in [2.24, 2.45) is 5.73 Å². The Morgan fingerprint density at radius 3 is 2.50 bits per heavy atom. The van der Waals surface area contributed by atoms with E-state index in [1.165, 1.54) is 12.1 Å². The lowest BCUT2D eigenvalue weighted by Gasteiger charge is -2.08. The van der Waals surface area contributed by atoms with Crippen molar-refractivity contribution in [1.82, 2.24) is 0 Å². The molecule has 0 heterocycles. The lowest BCUT2D eigenvalue weighted by molar-refractivity contribution is 0.594. The maximum absolute atomic E-state index is 13.2. The van der Waals surface area contributed by atoms with Crippen molar-refractivity contribution >= 4 is 23.2 Å². The van der Waals surface area contributed by atoms with Gasteiger partial charge in [0.05, 0.1) is 5.02 Å². The van der Waals surface area contributed by atoms with E-state index in [2.05, 4.69) is 0 Å². The third-order valence-electron chi connectivity index (χ3n) is 1.51. The molecule has 0 amide bonds. The molecule has 1 aromatic rings. The molecule has 0 aliphatic rings. The molecule has 0 radical (unpaired) electrons. The number of nitrogens with two attached hydrogens (primary N) is 1. The van der Waals surface area contributed by atoms with E-state index in [-0.39, 0.29) is 5.02 Å². The Bertz CT molecular complexity index is 299. The van der Waals surface area contributed by atoms with Gasteiger partial charge in [0.2, 0.25) is 0 Å². The smallest absolute Gasteiger partial charge is 0.146 e. The first kappa shape index (κ1) is 9.78. The molecule has 66 valence electrons. The van der Waals surface area contributed by atoms with Gasteiger partial charge in [0.25, 0.3) is 0 Å². The Hall–Kier alpha value is -0.310. The highest BCUT2D eigenvalue weighted by Crippen LogP contribution is 2.26. The van der Waals surface area contributed by atoms with Crippen LogP contribution < -0.4 is 5.73 Å². The molecular formula is C8H8Cl2FN. The average molecular weight is 208 g/mol. The van der Waals surface area contributed by atoms with Crippen LogP contribution in [0.5, 0.6) is 0 Å². The van der Waals surface area contributed by atoms with Crippen molar-refractivity contribution in [3.8, 4) is 0 Å². The standard InChI is InChI=1S/C8H8Cl2FN/c1-4(12)6-2-5(9)3-7(10)8(6)11/h2-4H,12H2,1H3/t4-/m0/s1. The van der Waals surface area contributed by atoms with Crippen molar-refractivity contribution in [1.29, 1.82) is 0 Å². The molecule has 0 saturated heterocycles. The van der Waals surface area contributed by atoms with E-state index < -0.39 is 11.9 Å². The molecule has 1 aromatic carbocycles. The molecular weight excluding hydrogens is 200 g/mol. The highest BCUT2D eigenvalue weighted by molar-refractivity contribution is 6.34. The highest BCUT2D eigenvalue weighted by atomic mass is 35.5. The predicted octanol–water partition coefficient (Wildman–Crippen LogP) is 3.15. The molecule has 1 atom stereocenters. The molecule has 2 N–H and O–H groups in total. The van der Waals surface area contributed by atoms with Crippen LogP contribution in [0.4, 0.5) is 4.39 Å². The van der Waals surface area contributed by atoms with Gasteiger partial charge in [-0.1, -0.05) is 23.2 Å². The van der Waals surface area contributed by atoms with Gasteiger partial charge in [0.1, 0.15) is 5.82 Å². The third-order valence-corrected chi connectivity index (χ3v) is 2.00. The van der Waals surface area contributed by atoms with Gasteiger partial charge in [0.15, 0.2) is 0 Å². The topological polar surface area (TPSA) is 26.0 Å². The maximum atomic E-state index is 13.2. The second kappa shape index (κ2) is 3.60. The van der Waals surface area contributed by atoms with Crippen molar-refractivity contribution in [3.05, 3.63) is 33.6 Å². The van der Waals surface area contributed by atoms with Crippen LogP contribution in [-0.4, -0.2) is 0 Å². The summed E-state index contributed by atoms with van der Waals surface area (Å²) < 4.78 is 13.2.